The summed E-state index contributed by atoms with van der Waals surface area (Å²) in [6.07, 6.45) is 6.69. The molecule has 1 atom stereocenters. The van der Waals surface area contributed by atoms with Gasteiger partial charge in [-0.15, -0.1) is 12.3 Å². The second-order valence-corrected chi connectivity index (χ2v) is 3.99. The van der Waals surface area contributed by atoms with Gasteiger partial charge in [-0.2, -0.15) is 0 Å². The Morgan fingerprint density at radius 3 is 2.82 bits per heavy atom. The molecule has 0 aliphatic rings. The van der Waals surface area contributed by atoms with Crippen LogP contribution in [0.2, 0.25) is 5.02 Å². The summed E-state index contributed by atoms with van der Waals surface area (Å²) in [6.45, 7) is 2.01. The molecule has 1 rings (SSSR count). The Labute approximate surface area is 105 Å². The zero-order valence-corrected chi connectivity index (χ0v) is 10.2. The van der Waals surface area contributed by atoms with Crippen molar-refractivity contribution in [2.24, 2.45) is 0 Å². The number of hydrogen-bond donors (Lipinski definition) is 1. The van der Waals surface area contributed by atoms with Crippen LogP contribution in [0.25, 0.3) is 0 Å². The van der Waals surface area contributed by atoms with Gasteiger partial charge in [0.25, 0.3) is 5.69 Å². The van der Waals surface area contributed by atoms with Crippen LogP contribution < -0.4 is 5.32 Å². The maximum Gasteiger partial charge on any atom is 0.271 e. The normalized spacial score (nSPS) is 11.6. The number of rotatable bonds is 5. The molecule has 90 valence electrons. The van der Waals surface area contributed by atoms with Gasteiger partial charge in [0.15, 0.2) is 0 Å². The van der Waals surface area contributed by atoms with Gasteiger partial charge < -0.3 is 5.32 Å². The van der Waals surface area contributed by atoms with E-state index in [2.05, 4.69) is 11.2 Å². The Morgan fingerprint density at radius 1 is 1.65 bits per heavy atom. The van der Waals surface area contributed by atoms with Crippen LogP contribution in [0.1, 0.15) is 19.8 Å². The molecular formula is C12H13ClN2O2. The first-order valence-corrected chi connectivity index (χ1v) is 5.60. The van der Waals surface area contributed by atoms with Crippen molar-refractivity contribution in [3.63, 3.8) is 0 Å². The van der Waals surface area contributed by atoms with Gasteiger partial charge in [0, 0.05) is 24.6 Å². The molecule has 0 amide bonds. The smallest absolute Gasteiger partial charge is 0.271 e. The van der Waals surface area contributed by atoms with E-state index in [1.807, 2.05) is 6.92 Å². The molecule has 0 aliphatic carbocycles. The second kappa shape index (κ2) is 6.12. The molecule has 4 nitrogen and oxygen atoms in total. The van der Waals surface area contributed by atoms with Gasteiger partial charge >= 0.3 is 0 Å². The zero-order chi connectivity index (χ0) is 12.8. The molecule has 5 heteroatoms. The van der Waals surface area contributed by atoms with Gasteiger partial charge in [-0.3, -0.25) is 10.1 Å². The molecular weight excluding hydrogens is 240 g/mol. The maximum absolute atomic E-state index is 10.5. The Morgan fingerprint density at radius 2 is 2.35 bits per heavy atom. The molecule has 0 heterocycles. The first kappa shape index (κ1) is 13.3. The molecule has 1 unspecified atom stereocenters. The minimum absolute atomic E-state index is 0.0226. The van der Waals surface area contributed by atoms with Gasteiger partial charge in [0.2, 0.25) is 0 Å². The first-order chi connectivity index (χ1) is 8.08. The predicted octanol–water partition coefficient (Wildman–Crippen LogP) is 3.46. The summed E-state index contributed by atoms with van der Waals surface area (Å²) < 4.78 is 0. The van der Waals surface area contributed by atoms with Crippen LogP contribution in [0.15, 0.2) is 18.2 Å². The average molecular weight is 253 g/mol. The summed E-state index contributed by atoms with van der Waals surface area (Å²) in [5.74, 6) is 2.57. The Hall–Kier alpha value is -1.73. The predicted molar refractivity (Wildman–Crippen MR) is 69.3 cm³/mol. The van der Waals surface area contributed by atoms with Crippen LogP contribution in [-0.2, 0) is 0 Å². The van der Waals surface area contributed by atoms with Gasteiger partial charge in [-0.25, -0.2) is 0 Å². The number of terminal acetylenes is 1. The molecule has 0 bridgehead atoms. The third-order valence-electron chi connectivity index (χ3n) is 2.38. The average Bonchev–Trinajstić information content (AvgIpc) is 2.30. The summed E-state index contributed by atoms with van der Waals surface area (Å²) in [5.41, 5.74) is 0.643. The molecule has 0 aromatic heterocycles. The number of anilines is 1. The lowest BCUT2D eigenvalue weighted by Crippen LogP contribution is -2.17. The summed E-state index contributed by atoms with van der Waals surface area (Å²) in [6, 6.07) is 4.46. The molecule has 1 N–H and O–H groups in total. The van der Waals surface area contributed by atoms with Crippen molar-refractivity contribution in [1.29, 1.82) is 0 Å². The fourth-order valence-corrected chi connectivity index (χ4v) is 1.62. The topological polar surface area (TPSA) is 55.2 Å². The van der Waals surface area contributed by atoms with Crippen LogP contribution in [-0.4, -0.2) is 11.0 Å². The summed E-state index contributed by atoms with van der Waals surface area (Å²) >= 11 is 5.96. The molecule has 17 heavy (non-hydrogen) atoms. The fourth-order valence-electron chi connectivity index (χ4n) is 1.39. The highest BCUT2D eigenvalue weighted by Gasteiger charge is 2.11. The highest BCUT2D eigenvalue weighted by molar-refractivity contribution is 6.33. The molecule has 1 aromatic carbocycles. The van der Waals surface area contributed by atoms with Gasteiger partial charge in [0.1, 0.15) is 0 Å². The Bertz CT molecular complexity index is 454. The van der Waals surface area contributed by atoms with E-state index in [0.29, 0.717) is 17.1 Å². The lowest BCUT2D eigenvalue weighted by Gasteiger charge is -2.16. The van der Waals surface area contributed by atoms with E-state index in [-0.39, 0.29) is 11.7 Å². The van der Waals surface area contributed by atoms with Crippen LogP contribution in [0.3, 0.4) is 0 Å². The maximum atomic E-state index is 10.5. The Kier molecular flexibility index (Phi) is 4.80. The van der Waals surface area contributed by atoms with E-state index in [9.17, 15) is 10.1 Å². The third kappa shape index (κ3) is 3.65. The van der Waals surface area contributed by atoms with Crippen molar-refractivity contribution >= 4 is 23.0 Å². The number of nitrogens with zero attached hydrogens (tertiary/aromatic N) is 1. The minimum atomic E-state index is -0.478. The third-order valence-corrected chi connectivity index (χ3v) is 2.69. The van der Waals surface area contributed by atoms with Crippen LogP contribution in [0.4, 0.5) is 11.4 Å². The van der Waals surface area contributed by atoms with Crippen molar-refractivity contribution in [2.45, 2.75) is 25.8 Å². The van der Waals surface area contributed by atoms with E-state index in [1.54, 1.807) is 6.07 Å². The number of nitro groups is 1. The molecule has 0 fully saturated rings. The number of halogens is 1. The number of nitro benzene ring substituents is 1. The summed E-state index contributed by atoms with van der Waals surface area (Å²) in [7, 11) is 0. The monoisotopic (exact) mass is 252 g/mol. The number of non-ortho nitro benzene ring substituents is 1. The van der Waals surface area contributed by atoms with Gasteiger partial charge in [-0.1, -0.05) is 18.5 Å². The highest BCUT2D eigenvalue weighted by Crippen LogP contribution is 2.27. The first-order valence-electron chi connectivity index (χ1n) is 5.22. The largest absolute Gasteiger partial charge is 0.380 e. The Balaban J connectivity index is 2.85. The van der Waals surface area contributed by atoms with Gasteiger partial charge in [-0.05, 0) is 12.5 Å². The summed E-state index contributed by atoms with van der Waals surface area (Å²) in [5, 5.41) is 14.0. The van der Waals surface area contributed by atoms with E-state index >= 15 is 0 Å². The number of hydrogen-bond acceptors (Lipinski definition) is 3. The molecule has 1 aromatic rings. The molecule has 0 radical (unpaired) electrons. The number of nitrogens with one attached hydrogen (secondary N) is 1. The minimum Gasteiger partial charge on any atom is -0.380 e. The van der Waals surface area contributed by atoms with Crippen LogP contribution >= 0.6 is 11.6 Å². The van der Waals surface area contributed by atoms with E-state index in [4.69, 9.17) is 18.0 Å². The zero-order valence-electron chi connectivity index (χ0n) is 9.44. The molecule has 0 saturated heterocycles. The lowest BCUT2D eigenvalue weighted by atomic mass is 10.1. The second-order valence-electron chi connectivity index (χ2n) is 3.58. The van der Waals surface area contributed by atoms with E-state index in [1.165, 1.54) is 12.1 Å². The van der Waals surface area contributed by atoms with E-state index in [0.717, 1.165) is 6.42 Å². The highest BCUT2D eigenvalue weighted by atomic mass is 35.5. The van der Waals surface area contributed by atoms with Crippen molar-refractivity contribution in [3.05, 3.63) is 33.3 Å². The lowest BCUT2D eigenvalue weighted by molar-refractivity contribution is -0.384. The standard InChI is InChI=1S/C12H13ClN2O2/c1-3-5-9(4-2)14-12-7-6-10(15(16)17)8-11(12)13/h1,6-9,14H,4-5H2,2H3. The fraction of sp³-hybridized carbons (Fsp3) is 0.333. The van der Waals surface area contributed by atoms with Crippen LogP contribution in [0.5, 0.6) is 0 Å². The number of benzene rings is 1. The van der Waals surface area contributed by atoms with Crippen molar-refractivity contribution in [1.82, 2.24) is 0 Å². The van der Waals surface area contributed by atoms with Gasteiger partial charge in [0.05, 0.1) is 15.6 Å². The summed E-state index contributed by atoms with van der Waals surface area (Å²) in [4.78, 5) is 10.1. The molecule has 0 aliphatic heterocycles. The molecule has 0 spiro atoms. The molecule has 0 saturated carbocycles. The van der Waals surface area contributed by atoms with E-state index < -0.39 is 4.92 Å². The van der Waals surface area contributed by atoms with Crippen LogP contribution in [0, 0.1) is 22.5 Å². The quantitative estimate of drug-likeness (QED) is 0.496. The van der Waals surface area contributed by atoms with Crippen molar-refractivity contribution in [2.75, 3.05) is 5.32 Å². The van der Waals surface area contributed by atoms with Crippen molar-refractivity contribution in [3.8, 4) is 12.3 Å². The van der Waals surface area contributed by atoms with Crippen molar-refractivity contribution < 1.29 is 4.92 Å². The SMILES string of the molecule is C#CCC(CC)Nc1ccc([N+](=O)[O-])cc1Cl.